The average Bonchev–Trinajstić information content (AvgIpc) is 3.67. The minimum Gasteiger partial charge on any atom is -0.469 e. The Morgan fingerprint density at radius 3 is 2.48 bits per heavy atom. The van der Waals surface area contributed by atoms with Gasteiger partial charge in [-0.25, -0.2) is 19.2 Å². The first-order valence-corrected chi connectivity index (χ1v) is 16.1. The Morgan fingerprint density at radius 2 is 1.80 bits per heavy atom. The molecule has 4 aliphatic rings. The lowest BCUT2D eigenvalue weighted by molar-refractivity contribution is 0.0297. The van der Waals surface area contributed by atoms with Gasteiger partial charge in [-0.05, 0) is 70.7 Å². The van der Waals surface area contributed by atoms with E-state index in [-0.39, 0.29) is 40.9 Å². The molecule has 2 atom stereocenters. The number of nitrogens with one attached hydrogen (secondary N) is 2. The Hall–Kier alpha value is -4.52. The molecule has 0 radical (unpaired) electrons. The van der Waals surface area contributed by atoms with Gasteiger partial charge in [0.05, 0.1) is 42.0 Å². The van der Waals surface area contributed by atoms with Crippen LogP contribution in [0.25, 0.3) is 11.3 Å². The van der Waals surface area contributed by atoms with Gasteiger partial charge in [-0.2, -0.15) is 4.98 Å². The van der Waals surface area contributed by atoms with E-state index in [9.17, 15) is 9.59 Å². The maximum Gasteiger partial charge on any atom is 0.323 e. The molecule has 0 aliphatic carbocycles. The van der Waals surface area contributed by atoms with E-state index in [1.165, 1.54) is 12.1 Å². The largest absolute Gasteiger partial charge is 0.469 e. The van der Waals surface area contributed by atoms with Crippen LogP contribution < -0.4 is 25.2 Å². The monoisotopic (exact) mass is 630 g/mol. The third kappa shape index (κ3) is 6.03. The zero-order valence-electron chi connectivity index (χ0n) is 26.4. The number of halogens is 1. The number of pyridine rings is 1. The molecule has 1 aromatic carbocycles. The SMILES string of the molecule is CCN1CC(C)(C)Oc2nc(N3CC4CCC(C3)O4)nc(-c3ccc(NC(=O)Nc4ccc(N5CCCC5)nc4)c(F)c3)c2C1=O. The average molecular weight is 631 g/mol. The van der Waals surface area contributed by atoms with Crippen molar-refractivity contribution in [3.63, 3.8) is 0 Å². The number of benzene rings is 1. The second kappa shape index (κ2) is 12.0. The number of anilines is 4. The summed E-state index contributed by atoms with van der Waals surface area (Å²) in [5.74, 6) is 0.498. The van der Waals surface area contributed by atoms with Crippen LogP contribution in [0.5, 0.6) is 5.88 Å². The van der Waals surface area contributed by atoms with E-state index < -0.39 is 17.4 Å². The van der Waals surface area contributed by atoms with Crippen molar-refractivity contribution in [1.29, 1.82) is 0 Å². The highest BCUT2D eigenvalue weighted by atomic mass is 19.1. The quantitative estimate of drug-likeness (QED) is 0.390. The molecule has 3 amide bonds. The van der Waals surface area contributed by atoms with E-state index in [4.69, 9.17) is 19.4 Å². The van der Waals surface area contributed by atoms with E-state index in [2.05, 4.69) is 25.4 Å². The Balaban J connectivity index is 1.17. The Labute approximate surface area is 267 Å². The van der Waals surface area contributed by atoms with Crippen LogP contribution in [0.1, 0.15) is 56.8 Å². The standard InChI is InChI=1S/C33H39FN8O4/c1-4-40-19-33(2,3)46-29-27(30(40)43)28(38-31(39-29)42-17-22-9-10-23(18-42)45-22)20-7-11-25(24(34)15-20)37-32(44)36-21-8-12-26(35-16-21)41-13-5-6-14-41/h7-8,11-12,15-16,22-23H,4-6,9-10,13-14,17-19H2,1-3H3,(H2,36,37,44). The summed E-state index contributed by atoms with van der Waals surface area (Å²) in [6.45, 7) is 9.74. The van der Waals surface area contributed by atoms with E-state index in [0.29, 0.717) is 43.4 Å². The molecule has 2 aromatic heterocycles. The van der Waals surface area contributed by atoms with Gasteiger partial charge in [0.25, 0.3) is 5.91 Å². The van der Waals surface area contributed by atoms with E-state index in [1.807, 2.05) is 26.8 Å². The van der Waals surface area contributed by atoms with Gasteiger partial charge in [-0.1, -0.05) is 6.07 Å². The van der Waals surface area contributed by atoms with Gasteiger partial charge >= 0.3 is 6.03 Å². The number of ether oxygens (including phenoxy) is 2. The first-order valence-electron chi connectivity index (χ1n) is 16.1. The van der Waals surface area contributed by atoms with Crippen molar-refractivity contribution in [3.8, 4) is 17.1 Å². The normalized spacial score (nSPS) is 21.9. The number of fused-ring (bicyclic) bond motifs is 3. The molecule has 2 bridgehead atoms. The lowest BCUT2D eigenvalue weighted by Gasteiger charge is -2.33. The van der Waals surface area contributed by atoms with Crippen molar-refractivity contribution in [2.24, 2.45) is 0 Å². The summed E-state index contributed by atoms with van der Waals surface area (Å²) < 4.78 is 28.0. The van der Waals surface area contributed by atoms with Crippen molar-refractivity contribution in [2.45, 2.75) is 64.3 Å². The molecule has 7 rings (SSSR count). The zero-order chi connectivity index (χ0) is 32.0. The molecule has 46 heavy (non-hydrogen) atoms. The highest BCUT2D eigenvalue weighted by Gasteiger charge is 2.39. The van der Waals surface area contributed by atoms with Crippen LogP contribution in [-0.4, -0.2) is 88.9 Å². The number of rotatable bonds is 6. The molecule has 13 heteroatoms. The minimum atomic E-state index is -0.708. The first kappa shape index (κ1) is 30.2. The molecule has 2 unspecified atom stereocenters. The number of carbonyl (C=O) groups excluding carboxylic acids is 2. The Bertz CT molecular complexity index is 1630. The number of urea groups is 1. The summed E-state index contributed by atoms with van der Waals surface area (Å²) in [5.41, 5.74) is 0.600. The first-order chi connectivity index (χ1) is 22.2. The van der Waals surface area contributed by atoms with Gasteiger partial charge < -0.3 is 34.8 Å². The molecule has 6 heterocycles. The number of hydrogen-bond donors (Lipinski definition) is 2. The van der Waals surface area contributed by atoms with E-state index in [1.54, 1.807) is 23.2 Å². The number of nitrogens with zero attached hydrogens (tertiary/aromatic N) is 6. The van der Waals surface area contributed by atoms with Gasteiger partial charge in [0.2, 0.25) is 11.8 Å². The number of hydrogen-bond acceptors (Lipinski definition) is 9. The summed E-state index contributed by atoms with van der Waals surface area (Å²) in [6.07, 6.45) is 6.00. The summed E-state index contributed by atoms with van der Waals surface area (Å²) in [7, 11) is 0. The molecule has 3 aromatic rings. The van der Waals surface area contributed by atoms with Crippen molar-refractivity contribution in [1.82, 2.24) is 19.9 Å². The topological polar surface area (TPSA) is 125 Å². The number of likely N-dealkylation sites (N-methyl/N-ethyl adjacent to an activating group) is 1. The highest BCUT2D eigenvalue weighted by Crippen LogP contribution is 2.38. The smallest absolute Gasteiger partial charge is 0.323 e. The van der Waals surface area contributed by atoms with Crippen molar-refractivity contribution in [2.75, 3.05) is 59.7 Å². The summed E-state index contributed by atoms with van der Waals surface area (Å²) in [5, 5.41) is 5.29. The lowest BCUT2D eigenvalue weighted by atomic mass is 10.0. The molecule has 2 N–H and O–H groups in total. The number of amides is 3. The maximum absolute atomic E-state index is 15.6. The molecular formula is C33H39FN8O4. The molecule has 3 fully saturated rings. The number of aromatic nitrogens is 3. The second-order valence-corrected chi connectivity index (χ2v) is 13.0. The zero-order valence-corrected chi connectivity index (χ0v) is 26.4. The minimum absolute atomic E-state index is 0.0214. The second-order valence-electron chi connectivity index (χ2n) is 13.0. The Morgan fingerprint density at radius 1 is 1.04 bits per heavy atom. The van der Waals surface area contributed by atoms with Crippen molar-refractivity contribution < 1.29 is 23.5 Å². The van der Waals surface area contributed by atoms with Crippen LogP contribution in [0.15, 0.2) is 36.5 Å². The maximum atomic E-state index is 15.6. The van der Waals surface area contributed by atoms with Gasteiger partial charge in [-0.15, -0.1) is 0 Å². The lowest BCUT2D eigenvalue weighted by Crippen LogP contribution is -2.43. The molecule has 12 nitrogen and oxygen atoms in total. The van der Waals surface area contributed by atoms with Crippen molar-refractivity contribution in [3.05, 3.63) is 47.9 Å². The van der Waals surface area contributed by atoms with Crippen LogP contribution in [0.2, 0.25) is 0 Å². The Kier molecular flexibility index (Phi) is 7.87. The van der Waals surface area contributed by atoms with Crippen molar-refractivity contribution >= 4 is 35.1 Å². The molecule has 0 saturated carbocycles. The third-order valence-corrected chi connectivity index (χ3v) is 8.94. The highest BCUT2D eigenvalue weighted by molar-refractivity contribution is 6.03. The third-order valence-electron chi connectivity index (χ3n) is 8.94. The predicted molar refractivity (Wildman–Crippen MR) is 172 cm³/mol. The van der Waals surface area contributed by atoms with Crippen LogP contribution in [-0.2, 0) is 4.74 Å². The van der Waals surface area contributed by atoms with E-state index >= 15 is 4.39 Å². The van der Waals surface area contributed by atoms with Gasteiger partial charge in [0, 0.05) is 38.3 Å². The van der Waals surface area contributed by atoms with Crippen LogP contribution >= 0.6 is 0 Å². The molecule has 242 valence electrons. The molecular weight excluding hydrogens is 591 g/mol. The summed E-state index contributed by atoms with van der Waals surface area (Å²) >= 11 is 0. The fourth-order valence-corrected chi connectivity index (χ4v) is 6.70. The molecule has 0 spiro atoms. The fourth-order valence-electron chi connectivity index (χ4n) is 6.70. The number of carbonyl (C=O) groups is 2. The molecule has 4 aliphatic heterocycles. The van der Waals surface area contributed by atoms with Gasteiger partial charge in [-0.3, -0.25) is 4.79 Å². The number of morpholine rings is 1. The van der Waals surface area contributed by atoms with Gasteiger partial charge in [0.15, 0.2) is 0 Å². The fraction of sp³-hybridized carbons (Fsp3) is 0.485. The predicted octanol–water partition coefficient (Wildman–Crippen LogP) is 4.92. The summed E-state index contributed by atoms with van der Waals surface area (Å²) in [4.78, 5) is 46.7. The van der Waals surface area contributed by atoms with Crippen LogP contribution in [0, 0.1) is 5.82 Å². The molecule has 3 saturated heterocycles. The van der Waals surface area contributed by atoms with Gasteiger partial charge in [0.1, 0.15) is 22.8 Å². The van der Waals surface area contributed by atoms with Crippen LogP contribution in [0.4, 0.5) is 32.3 Å². The summed E-state index contributed by atoms with van der Waals surface area (Å²) in [6, 6.07) is 7.41. The van der Waals surface area contributed by atoms with Crippen LogP contribution in [0.3, 0.4) is 0 Å². The van der Waals surface area contributed by atoms with E-state index in [0.717, 1.165) is 44.6 Å².